The number of carbonyl (C=O) groups is 1. The maximum atomic E-state index is 13.2. The van der Waals surface area contributed by atoms with Gasteiger partial charge in [0, 0.05) is 24.4 Å². The van der Waals surface area contributed by atoms with Crippen molar-refractivity contribution in [2.24, 2.45) is 0 Å². The third kappa shape index (κ3) is 3.82. The van der Waals surface area contributed by atoms with Crippen molar-refractivity contribution >= 4 is 12.0 Å². The normalized spacial score (nSPS) is 16.9. The molecular weight excluding hydrogens is 341 g/mol. The van der Waals surface area contributed by atoms with Crippen molar-refractivity contribution in [1.82, 2.24) is 14.7 Å². The summed E-state index contributed by atoms with van der Waals surface area (Å²) >= 11 is 0. The molecule has 0 saturated carbocycles. The van der Waals surface area contributed by atoms with Crippen LogP contribution in [0.5, 0.6) is 0 Å². The molecule has 2 aromatic carbocycles. The van der Waals surface area contributed by atoms with E-state index in [0.717, 1.165) is 29.7 Å². The minimum Gasteiger partial charge on any atom is -0.332 e. The molecule has 1 amide bonds. The molecule has 2 heterocycles. The highest BCUT2D eigenvalue weighted by Crippen LogP contribution is 2.32. The van der Waals surface area contributed by atoms with E-state index < -0.39 is 0 Å². The van der Waals surface area contributed by atoms with Gasteiger partial charge in [-0.05, 0) is 48.7 Å². The molecule has 0 aliphatic carbocycles. The zero-order chi connectivity index (χ0) is 18.6. The number of halogens is 1. The van der Waals surface area contributed by atoms with Gasteiger partial charge in [0.05, 0.1) is 17.9 Å². The molecule has 1 unspecified atom stereocenters. The molecule has 1 fully saturated rings. The van der Waals surface area contributed by atoms with Gasteiger partial charge in [0.2, 0.25) is 5.91 Å². The molecule has 1 aromatic heterocycles. The number of aromatic nitrogens is 2. The lowest BCUT2D eigenvalue weighted by atomic mass is 10.0. The highest BCUT2D eigenvalue weighted by molar-refractivity contribution is 5.92. The fourth-order valence-electron chi connectivity index (χ4n) is 3.47. The summed E-state index contributed by atoms with van der Waals surface area (Å²) in [4.78, 5) is 14.5. The van der Waals surface area contributed by atoms with Crippen molar-refractivity contribution in [3.63, 3.8) is 0 Å². The van der Waals surface area contributed by atoms with E-state index in [4.69, 9.17) is 0 Å². The fourth-order valence-corrected chi connectivity index (χ4v) is 3.47. The molecule has 0 spiro atoms. The molecule has 3 aromatic rings. The SMILES string of the molecule is O=C(C=Cc1cnn(-c2ccccc2)c1)N1CCCC1c1ccc(F)cc1. The summed E-state index contributed by atoms with van der Waals surface area (Å²) in [6.07, 6.45) is 8.85. The second-order valence-corrected chi connectivity index (χ2v) is 6.63. The smallest absolute Gasteiger partial charge is 0.247 e. The van der Waals surface area contributed by atoms with Gasteiger partial charge in [-0.2, -0.15) is 5.10 Å². The Balaban J connectivity index is 1.47. The predicted molar refractivity (Wildman–Crippen MR) is 103 cm³/mol. The quantitative estimate of drug-likeness (QED) is 0.647. The molecule has 27 heavy (non-hydrogen) atoms. The van der Waals surface area contributed by atoms with Crippen LogP contribution in [0.4, 0.5) is 4.39 Å². The largest absolute Gasteiger partial charge is 0.332 e. The third-order valence-corrected chi connectivity index (χ3v) is 4.83. The van der Waals surface area contributed by atoms with Crippen LogP contribution in [0.1, 0.15) is 30.0 Å². The lowest BCUT2D eigenvalue weighted by Gasteiger charge is -2.23. The minimum atomic E-state index is -0.259. The monoisotopic (exact) mass is 361 g/mol. The van der Waals surface area contributed by atoms with Crippen molar-refractivity contribution < 1.29 is 9.18 Å². The lowest BCUT2D eigenvalue weighted by Crippen LogP contribution is -2.28. The predicted octanol–water partition coefficient (Wildman–Crippen LogP) is 4.39. The van der Waals surface area contributed by atoms with Crippen LogP contribution in [0.25, 0.3) is 11.8 Å². The van der Waals surface area contributed by atoms with E-state index in [0.29, 0.717) is 6.54 Å². The van der Waals surface area contributed by atoms with Crippen LogP contribution in [0, 0.1) is 5.82 Å². The van der Waals surface area contributed by atoms with E-state index >= 15 is 0 Å². The summed E-state index contributed by atoms with van der Waals surface area (Å²) in [6, 6.07) is 16.3. The van der Waals surface area contributed by atoms with Crippen molar-refractivity contribution in [1.29, 1.82) is 0 Å². The molecule has 0 N–H and O–H groups in total. The van der Waals surface area contributed by atoms with Gasteiger partial charge in [-0.3, -0.25) is 4.79 Å². The van der Waals surface area contributed by atoms with E-state index in [2.05, 4.69) is 5.10 Å². The first-order chi connectivity index (χ1) is 13.2. The molecule has 4 rings (SSSR count). The van der Waals surface area contributed by atoms with Gasteiger partial charge >= 0.3 is 0 Å². The highest BCUT2D eigenvalue weighted by Gasteiger charge is 2.28. The highest BCUT2D eigenvalue weighted by atomic mass is 19.1. The van der Waals surface area contributed by atoms with Crippen molar-refractivity contribution in [2.45, 2.75) is 18.9 Å². The Labute approximate surface area is 157 Å². The van der Waals surface area contributed by atoms with Gasteiger partial charge in [0.25, 0.3) is 0 Å². The second kappa shape index (κ2) is 7.58. The first-order valence-corrected chi connectivity index (χ1v) is 9.05. The topological polar surface area (TPSA) is 38.1 Å². The number of nitrogens with zero attached hydrogens (tertiary/aromatic N) is 3. The number of likely N-dealkylation sites (tertiary alicyclic amines) is 1. The van der Waals surface area contributed by atoms with Crippen LogP contribution in [-0.4, -0.2) is 27.1 Å². The summed E-state index contributed by atoms with van der Waals surface area (Å²) < 4.78 is 14.9. The maximum absolute atomic E-state index is 13.2. The van der Waals surface area contributed by atoms with E-state index in [9.17, 15) is 9.18 Å². The number of benzene rings is 2. The van der Waals surface area contributed by atoms with Crippen LogP contribution < -0.4 is 0 Å². The molecule has 136 valence electrons. The maximum Gasteiger partial charge on any atom is 0.247 e. The molecule has 1 aliphatic heterocycles. The zero-order valence-electron chi connectivity index (χ0n) is 14.8. The average Bonchev–Trinajstić information content (AvgIpc) is 3.37. The van der Waals surface area contributed by atoms with E-state index in [-0.39, 0.29) is 17.8 Å². The molecule has 0 bridgehead atoms. The summed E-state index contributed by atoms with van der Waals surface area (Å²) in [7, 11) is 0. The van der Waals surface area contributed by atoms with Crippen LogP contribution >= 0.6 is 0 Å². The number of hydrogen-bond donors (Lipinski definition) is 0. The number of carbonyl (C=O) groups excluding carboxylic acids is 1. The Bertz CT molecular complexity index is 947. The first-order valence-electron chi connectivity index (χ1n) is 9.05. The molecule has 4 nitrogen and oxygen atoms in total. The standard InChI is InChI=1S/C22H20FN3O/c23-19-11-9-18(10-12-19)21-7-4-14-25(21)22(27)13-8-17-15-24-26(16-17)20-5-2-1-3-6-20/h1-3,5-6,8-13,15-16,21H,4,7,14H2. The van der Waals surface area contributed by atoms with Crippen molar-refractivity contribution in [3.8, 4) is 5.69 Å². The van der Waals surface area contributed by atoms with Gasteiger partial charge in [-0.1, -0.05) is 30.3 Å². The summed E-state index contributed by atoms with van der Waals surface area (Å²) in [5.41, 5.74) is 2.82. The second-order valence-electron chi connectivity index (χ2n) is 6.63. The molecule has 1 atom stereocenters. The van der Waals surface area contributed by atoms with Gasteiger partial charge in [-0.25, -0.2) is 9.07 Å². The Kier molecular flexibility index (Phi) is 4.83. The van der Waals surface area contributed by atoms with E-state index in [1.807, 2.05) is 41.4 Å². The minimum absolute atomic E-state index is 0.00907. The van der Waals surface area contributed by atoms with Crippen LogP contribution in [0.3, 0.4) is 0 Å². The van der Waals surface area contributed by atoms with Crippen LogP contribution in [0.15, 0.2) is 73.1 Å². The number of para-hydroxylation sites is 1. The van der Waals surface area contributed by atoms with Gasteiger partial charge in [-0.15, -0.1) is 0 Å². The Hall–Kier alpha value is -3.21. The Morgan fingerprint density at radius 3 is 2.67 bits per heavy atom. The van der Waals surface area contributed by atoms with Crippen molar-refractivity contribution in [3.05, 3.63) is 90.0 Å². The van der Waals surface area contributed by atoms with Crippen molar-refractivity contribution in [2.75, 3.05) is 6.54 Å². The molecule has 5 heteroatoms. The molecule has 1 saturated heterocycles. The van der Waals surface area contributed by atoms with E-state index in [1.165, 1.54) is 12.1 Å². The number of hydrogen-bond acceptors (Lipinski definition) is 2. The Morgan fingerprint density at radius 2 is 1.89 bits per heavy atom. The third-order valence-electron chi connectivity index (χ3n) is 4.83. The first kappa shape index (κ1) is 17.2. The Morgan fingerprint density at radius 1 is 1.11 bits per heavy atom. The molecular formula is C22H20FN3O. The van der Waals surface area contributed by atoms with Crippen LogP contribution in [0.2, 0.25) is 0 Å². The van der Waals surface area contributed by atoms with Gasteiger partial charge in [0.1, 0.15) is 5.82 Å². The zero-order valence-corrected chi connectivity index (χ0v) is 14.8. The fraction of sp³-hybridized carbons (Fsp3) is 0.182. The molecule has 0 radical (unpaired) electrons. The average molecular weight is 361 g/mol. The summed E-state index contributed by atoms with van der Waals surface area (Å²) in [5, 5.41) is 4.34. The summed E-state index contributed by atoms with van der Waals surface area (Å²) in [6.45, 7) is 0.717. The molecule has 1 aliphatic rings. The lowest BCUT2D eigenvalue weighted by molar-refractivity contribution is -0.126. The van der Waals surface area contributed by atoms with Gasteiger partial charge < -0.3 is 4.90 Å². The summed E-state index contributed by atoms with van der Waals surface area (Å²) in [5.74, 6) is -0.292. The van der Waals surface area contributed by atoms with E-state index in [1.54, 1.807) is 35.2 Å². The number of amides is 1. The number of rotatable bonds is 4. The van der Waals surface area contributed by atoms with Gasteiger partial charge in [0.15, 0.2) is 0 Å². The van der Waals surface area contributed by atoms with Crippen LogP contribution in [-0.2, 0) is 4.79 Å².